The Balaban J connectivity index is 2.02. The molecule has 1 heterocycles. The van der Waals surface area contributed by atoms with E-state index < -0.39 is 0 Å². The number of rotatable bonds is 3. The first kappa shape index (κ1) is 12.1. The molecule has 0 aromatic carbocycles. The van der Waals surface area contributed by atoms with Crippen LogP contribution >= 0.6 is 0 Å². The normalized spacial score (nSPS) is 24.6. The van der Waals surface area contributed by atoms with Gasteiger partial charge in [-0.2, -0.15) is 4.98 Å². The molecule has 2 unspecified atom stereocenters. The van der Waals surface area contributed by atoms with Crippen LogP contribution < -0.4 is 10.5 Å². The van der Waals surface area contributed by atoms with Crippen LogP contribution in [0, 0.1) is 12.8 Å². The van der Waals surface area contributed by atoms with Crippen LogP contribution in [0.15, 0.2) is 6.20 Å². The molecule has 94 valence electrons. The predicted molar refractivity (Wildman–Crippen MR) is 67.8 cm³/mol. The Labute approximate surface area is 103 Å². The van der Waals surface area contributed by atoms with Gasteiger partial charge in [0.25, 0.3) is 0 Å². The van der Waals surface area contributed by atoms with Crippen molar-refractivity contribution in [2.75, 3.05) is 5.73 Å². The van der Waals surface area contributed by atoms with Crippen LogP contribution in [0.1, 0.15) is 44.6 Å². The average molecular weight is 235 g/mol. The lowest BCUT2D eigenvalue weighted by atomic mass is 9.85. The van der Waals surface area contributed by atoms with Gasteiger partial charge in [0.2, 0.25) is 11.8 Å². The van der Waals surface area contributed by atoms with Crippen molar-refractivity contribution in [1.82, 2.24) is 9.97 Å². The van der Waals surface area contributed by atoms with Crippen LogP contribution in [0.4, 0.5) is 5.95 Å². The fraction of sp³-hybridized carbons (Fsp3) is 0.692. The van der Waals surface area contributed by atoms with E-state index in [2.05, 4.69) is 16.9 Å². The molecule has 1 aliphatic carbocycles. The summed E-state index contributed by atoms with van der Waals surface area (Å²) in [6.45, 7) is 4.20. The summed E-state index contributed by atoms with van der Waals surface area (Å²) in [5, 5.41) is 0. The van der Waals surface area contributed by atoms with Gasteiger partial charge < -0.3 is 10.5 Å². The van der Waals surface area contributed by atoms with Crippen molar-refractivity contribution >= 4 is 5.95 Å². The van der Waals surface area contributed by atoms with Crippen molar-refractivity contribution in [3.8, 4) is 5.88 Å². The molecule has 1 saturated carbocycles. The zero-order valence-corrected chi connectivity index (χ0v) is 10.6. The quantitative estimate of drug-likeness (QED) is 0.875. The fourth-order valence-electron chi connectivity index (χ4n) is 2.44. The van der Waals surface area contributed by atoms with Crippen molar-refractivity contribution in [3.63, 3.8) is 0 Å². The first-order valence-electron chi connectivity index (χ1n) is 6.44. The Bertz CT molecular complexity index is 381. The zero-order valence-electron chi connectivity index (χ0n) is 10.6. The molecule has 0 radical (unpaired) electrons. The van der Waals surface area contributed by atoms with E-state index in [1.165, 1.54) is 19.3 Å². The van der Waals surface area contributed by atoms with E-state index in [4.69, 9.17) is 10.5 Å². The SMILES string of the molecule is CCC1CCCC(Oc2nc(N)ncc2C)C1. The summed E-state index contributed by atoms with van der Waals surface area (Å²) in [5.74, 6) is 1.74. The molecule has 2 N–H and O–H groups in total. The van der Waals surface area contributed by atoms with Gasteiger partial charge in [0.05, 0.1) is 0 Å². The van der Waals surface area contributed by atoms with E-state index in [0.717, 1.165) is 24.3 Å². The van der Waals surface area contributed by atoms with Crippen LogP contribution in [-0.4, -0.2) is 16.1 Å². The van der Waals surface area contributed by atoms with Gasteiger partial charge in [-0.15, -0.1) is 0 Å². The summed E-state index contributed by atoms with van der Waals surface area (Å²) < 4.78 is 5.97. The molecule has 0 saturated heterocycles. The summed E-state index contributed by atoms with van der Waals surface area (Å²) in [4.78, 5) is 8.11. The summed E-state index contributed by atoms with van der Waals surface area (Å²) >= 11 is 0. The highest BCUT2D eigenvalue weighted by Gasteiger charge is 2.23. The molecule has 0 aliphatic heterocycles. The first-order chi connectivity index (χ1) is 8.19. The van der Waals surface area contributed by atoms with E-state index in [9.17, 15) is 0 Å². The molecule has 1 aromatic heterocycles. The highest BCUT2D eigenvalue weighted by atomic mass is 16.5. The van der Waals surface area contributed by atoms with Crippen LogP contribution in [0.5, 0.6) is 5.88 Å². The molecule has 4 nitrogen and oxygen atoms in total. The number of aryl methyl sites for hydroxylation is 1. The van der Waals surface area contributed by atoms with Crippen molar-refractivity contribution in [2.24, 2.45) is 5.92 Å². The monoisotopic (exact) mass is 235 g/mol. The number of nitrogens with two attached hydrogens (primary N) is 1. The molecule has 1 fully saturated rings. The molecule has 1 aliphatic rings. The van der Waals surface area contributed by atoms with Gasteiger partial charge in [-0.05, 0) is 32.1 Å². The number of hydrogen-bond donors (Lipinski definition) is 1. The van der Waals surface area contributed by atoms with Gasteiger partial charge in [-0.1, -0.05) is 19.8 Å². The molecule has 4 heteroatoms. The topological polar surface area (TPSA) is 61.0 Å². The summed E-state index contributed by atoms with van der Waals surface area (Å²) in [5.41, 5.74) is 6.54. The molecule has 17 heavy (non-hydrogen) atoms. The largest absolute Gasteiger partial charge is 0.474 e. The summed E-state index contributed by atoms with van der Waals surface area (Å²) in [7, 11) is 0. The first-order valence-corrected chi connectivity index (χ1v) is 6.44. The maximum Gasteiger partial charge on any atom is 0.223 e. The number of nitrogens with zero attached hydrogens (tertiary/aromatic N) is 2. The molecule has 0 amide bonds. The van der Waals surface area contributed by atoms with Crippen LogP contribution in [-0.2, 0) is 0 Å². The van der Waals surface area contributed by atoms with Crippen molar-refractivity contribution in [2.45, 2.75) is 52.1 Å². The Morgan fingerprint density at radius 3 is 3.06 bits per heavy atom. The highest BCUT2D eigenvalue weighted by molar-refractivity contribution is 5.28. The second-order valence-electron chi connectivity index (χ2n) is 4.90. The van der Waals surface area contributed by atoms with Crippen LogP contribution in [0.25, 0.3) is 0 Å². The third-order valence-corrected chi connectivity index (χ3v) is 3.53. The minimum atomic E-state index is 0.286. The second-order valence-corrected chi connectivity index (χ2v) is 4.90. The van der Waals surface area contributed by atoms with Crippen molar-refractivity contribution in [3.05, 3.63) is 11.8 Å². The van der Waals surface area contributed by atoms with Crippen molar-refractivity contribution < 1.29 is 4.74 Å². The predicted octanol–water partition coefficient (Wildman–Crippen LogP) is 2.71. The third kappa shape index (κ3) is 3.08. The molecular weight excluding hydrogens is 214 g/mol. The number of nitrogen functional groups attached to an aromatic ring is 1. The Kier molecular flexibility index (Phi) is 3.82. The van der Waals surface area contributed by atoms with Gasteiger partial charge >= 0.3 is 0 Å². The lowest BCUT2D eigenvalue weighted by molar-refractivity contribution is 0.116. The zero-order chi connectivity index (χ0) is 12.3. The molecular formula is C13H21N3O. The Hall–Kier alpha value is -1.32. The lowest BCUT2D eigenvalue weighted by Gasteiger charge is -2.28. The number of hydrogen-bond acceptors (Lipinski definition) is 4. The van der Waals surface area contributed by atoms with E-state index in [0.29, 0.717) is 12.0 Å². The average Bonchev–Trinajstić information content (AvgIpc) is 2.34. The molecule has 1 aromatic rings. The second kappa shape index (κ2) is 5.34. The number of ether oxygens (including phenoxy) is 1. The minimum absolute atomic E-state index is 0.286. The van der Waals surface area contributed by atoms with Crippen LogP contribution in [0.2, 0.25) is 0 Å². The maximum atomic E-state index is 5.97. The fourth-order valence-corrected chi connectivity index (χ4v) is 2.44. The van der Waals surface area contributed by atoms with Gasteiger partial charge in [0, 0.05) is 11.8 Å². The number of aromatic nitrogens is 2. The van der Waals surface area contributed by atoms with Gasteiger partial charge in [-0.3, -0.25) is 0 Å². The lowest BCUT2D eigenvalue weighted by Crippen LogP contribution is -2.25. The number of anilines is 1. The smallest absolute Gasteiger partial charge is 0.223 e. The van der Waals surface area contributed by atoms with Gasteiger partial charge in [0.15, 0.2) is 0 Å². The maximum absolute atomic E-state index is 5.97. The van der Waals surface area contributed by atoms with Gasteiger partial charge in [-0.25, -0.2) is 4.98 Å². The Morgan fingerprint density at radius 2 is 2.29 bits per heavy atom. The highest BCUT2D eigenvalue weighted by Crippen LogP contribution is 2.29. The molecule has 2 rings (SSSR count). The van der Waals surface area contributed by atoms with E-state index >= 15 is 0 Å². The van der Waals surface area contributed by atoms with Crippen molar-refractivity contribution in [1.29, 1.82) is 0 Å². The van der Waals surface area contributed by atoms with Gasteiger partial charge in [0.1, 0.15) is 6.10 Å². The summed E-state index contributed by atoms with van der Waals surface area (Å²) in [6.07, 6.45) is 8.11. The van der Waals surface area contributed by atoms with E-state index in [-0.39, 0.29) is 5.95 Å². The molecule has 0 spiro atoms. The molecule has 0 bridgehead atoms. The summed E-state index contributed by atoms with van der Waals surface area (Å²) in [6, 6.07) is 0. The third-order valence-electron chi connectivity index (χ3n) is 3.53. The van der Waals surface area contributed by atoms with Crippen LogP contribution in [0.3, 0.4) is 0 Å². The Morgan fingerprint density at radius 1 is 1.47 bits per heavy atom. The molecule has 2 atom stereocenters. The van der Waals surface area contributed by atoms with E-state index in [1.807, 2.05) is 6.92 Å². The van der Waals surface area contributed by atoms with E-state index in [1.54, 1.807) is 6.20 Å². The minimum Gasteiger partial charge on any atom is -0.474 e. The standard InChI is InChI=1S/C13H21N3O/c1-3-10-5-4-6-11(7-10)17-12-9(2)8-15-13(14)16-12/h8,10-11H,3-7H2,1-2H3,(H2,14,15,16).